The number of rotatable bonds is 6. The van der Waals surface area contributed by atoms with Crippen LogP contribution in [-0.2, 0) is 21.6 Å². The second-order valence-electron chi connectivity index (χ2n) is 9.04. The molecule has 2 aromatic rings. The van der Waals surface area contributed by atoms with Gasteiger partial charge in [-0.1, -0.05) is 36.4 Å². The zero-order valence-corrected chi connectivity index (χ0v) is 18.3. The highest BCUT2D eigenvalue weighted by Crippen LogP contribution is 2.41. The maximum Gasteiger partial charge on any atom is 0.325 e. The van der Waals surface area contributed by atoms with E-state index in [0.717, 1.165) is 45.3 Å². The van der Waals surface area contributed by atoms with Gasteiger partial charge in [0.15, 0.2) is 5.54 Å². The first-order valence-corrected chi connectivity index (χ1v) is 11.6. The van der Waals surface area contributed by atoms with Crippen molar-refractivity contribution in [3.8, 4) is 0 Å². The van der Waals surface area contributed by atoms with Crippen molar-refractivity contribution in [2.75, 3.05) is 26.2 Å². The number of hydrogen-bond acceptors (Lipinski definition) is 5. The molecule has 3 aliphatic heterocycles. The summed E-state index contributed by atoms with van der Waals surface area (Å²) in [4.78, 5) is 35.2. The summed E-state index contributed by atoms with van der Waals surface area (Å²) in [6.07, 6.45) is 5.12. The summed E-state index contributed by atoms with van der Waals surface area (Å²) < 4.78 is 5.71. The van der Waals surface area contributed by atoms with Crippen molar-refractivity contribution in [3.05, 3.63) is 66.0 Å². The van der Waals surface area contributed by atoms with Crippen LogP contribution in [0.3, 0.4) is 0 Å². The number of likely N-dealkylation sites (tertiary alicyclic amines) is 1. The number of amides is 3. The van der Waals surface area contributed by atoms with Crippen molar-refractivity contribution >= 4 is 11.9 Å². The van der Waals surface area contributed by atoms with Gasteiger partial charge in [-0.05, 0) is 62.4 Å². The molecule has 7 nitrogen and oxygen atoms in total. The Hall–Kier alpha value is -2.77. The maximum atomic E-state index is 13.8. The number of imide groups is 1. The molecule has 4 heterocycles. The molecule has 32 heavy (non-hydrogen) atoms. The molecule has 0 unspecified atom stereocenters. The molecular formula is C25H30N4O3. The van der Waals surface area contributed by atoms with E-state index in [1.165, 1.54) is 10.5 Å². The molecule has 0 radical (unpaired) electrons. The topological polar surface area (TPSA) is 74.8 Å². The molecule has 3 saturated heterocycles. The number of nitrogens with zero attached hydrogens (tertiary/aromatic N) is 3. The van der Waals surface area contributed by atoms with Crippen LogP contribution in [0.25, 0.3) is 0 Å². The molecule has 7 heteroatoms. The molecule has 0 saturated carbocycles. The number of piperidine rings is 1. The van der Waals surface area contributed by atoms with Gasteiger partial charge >= 0.3 is 6.03 Å². The molecule has 168 valence electrons. The standard InChI is InChI=1S/C25H30N4O3/c30-23-25(22-10-4-5-13-26-22,27-24(31)29(23)18-21-9-6-16-32-21)20-11-14-28(15-12-20)17-19-7-2-1-3-8-19/h1-5,7-8,10,13,20-21H,6,9,11-12,14-18H2,(H,27,31)/t21-,25+/m1/s1. The lowest BCUT2D eigenvalue weighted by Gasteiger charge is -2.40. The molecule has 0 spiro atoms. The van der Waals surface area contributed by atoms with Crippen LogP contribution in [0.4, 0.5) is 4.79 Å². The van der Waals surface area contributed by atoms with Gasteiger partial charge in [-0.25, -0.2) is 4.79 Å². The SMILES string of the molecule is O=C1N[C@](c2ccccn2)(C2CCN(Cc3ccccc3)CC2)C(=O)N1C[C@H]1CCCO1. The Morgan fingerprint density at radius 3 is 2.50 bits per heavy atom. The first-order chi connectivity index (χ1) is 15.7. The minimum atomic E-state index is -1.10. The van der Waals surface area contributed by atoms with Gasteiger partial charge in [-0.3, -0.25) is 19.6 Å². The second-order valence-corrected chi connectivity index (χ2v) is 9.04. The smallest absolute Gasteiger partial charge is 0.325 e. The number of pyridine rings is 1. The first kappa shape index (κ1) is 21.1. The molecule has 1 N–H and O–H groups in total. The Kier molecular flexibility index (Phi) is 5.93. The Balaban J connectivity index is 1.36. The number of ether oxygens (including phenoxy) is 1. The molecular weight excluding hydrogens is 404 g/mol. The monoisotopic (exact) mass is 434 g/mol. The van der Waals surface area contributed by atoms with Gasteiger partial charge < -0.3 is 10.1 Å². The highest BCUT2D eigenvalue weighted by molar-refractivity contribution is 6.07. The van der Waals surface area contributed by atoms with Gasteiger partial charge in [0.05, 0.1) is 18.3 Å². The molecule has 3 amide bonds. The van der Waals surface area contributed by atoms with E-state index < -0.39 is 5.54 Å². The lowest BCUT2D eigenvalue weighted by atomic mass is 9.75. The van der Waals surface area contributed by atoms with Gasteiger partial charge in [-0.15, -0.1) is 0 Å². The van der Waals surface area contributed by atoms with Gasteiger partial charge in [0, 0.05) is 19.3 Å². The number of aromatic nitrogens is 1. The Morgan fingerprint density at radius 1 is 1.03 bits per heavy atom. The first-order valence-electron chi connectivity index (χ1n) is 11.6. The summed E-state index contributed by atoms with van der Waals surface area (Å²) in [5.41, 5.74) is 0.823. The predicted octanol–water partition coefficient (Wildman–Crippen LogP) is 2.92. The van der Waals surface area contributed by atoms with Crippen LogP contribution in [0.15, 0.2) is 54.7 Å². The maximum absolute atomic E-state index is 13.8. The van der Waals surface area contributed by atoms with Crippen molar-refractivity contribution in [1.29, 1.82) is 0 Å². The summed E-state index contributed by atoms with van der Waals surface area (Å²) in [7, 11) is 0. The minimum Gasteiger partial charge on any atom is -0.376 e. The summed E-state index contributed by atoms with van der Waals surface area (Å²) in [6.45, 7) is 3.66. The molecule has 5 rings (SSSR count). The van der Waals surface area contributed by atoms with E-state index in [2.05, 4.69) is 39.5 Å². The zero-order chi connectivity index (χ0) is 22.0. The summed E-state index contributed by atoms with van der Waals surface area (Å²) >= 11 is 0. The van der Waals surface area contributed by atoms with Crippen LogP contribution >= 0.6 is 0 Å². The van der Waals surface area contributed by atoms with E-state index in [-0.39, 0.29) is 24.0 Å². The van der Waals surface area contributed by atoms with Gasteiger partial charge in [0.25, 0.3) is 5.91 Å². The molecule has 3 fully saturated rings. The van der Waals surface area contributed by atoms with Crippen LogP contribution in [0.5, 0.6) is 0 Å². The van der Waals surface area contributed by atoms with Crippen molar-refractivity contribution in [3.63, 3.8) is 0 Å². The van der Waals surface area contributed by atoms with Gasteiger partial charge in [-0.2, -0.15) is 0 Å². The Bertz CT molecular complexity index is 940. The Morgan fingerprint density at radius 2 is 1.81 bits per heavy atom. The lowest BCUT2D eigenvalue weighted by molar-refractivity contribution is -0.135. The number of hydrogen-bond donors (Lipinski definition) is 1. The summed E-state index contributed by atoms with van der Waals surface area (Å²) in [5, 5.41) is 3.09. The van der Waals surface area contributed by atoms with E-state index in [9.17, 15) is 9.59 Å². The van der Waals surface area contributed by atoms with E-state index in [1.807, 2.05) is 24.3 Å². The number of urea groups is 1. The molecule has 3 aliphatic rings. The van der Waals surface area contributed by atoms with Gasteiger partial charge in [0.2, 0.25) is 0 Å². The van der Waals surface area contributed by atoms with Crippen LogP contribution in [0.2, 0.25) is 0 Å². The van der Waals surface area contributed by atoms with Crippen molar-refractivity contribution in [2.24, 2.45) is 5.92 Å². The fourth-order valence-electron chi connectivity index (χ4n) is 5.37. The molecule has 1 aromatic heterocycles. The summed E-state index contributed by atoms with van der Waals surface area (Å²) in [6, 6.07) is 15.7. The predicted molar refractivity (Wildman–Crippen MR) is 120 cm³/mol. The molecule has 2 atom stereocenters. The average molecular weight is 435 g/mol. The van der Waals surface area contributed by atoms with Crippen molar-refractivity contribution in [2.45, 2.75) is 43.9 Å². The number of nitrogens with one attached hydrogen (secondary N) is 1. The van der Waals surface area contributed by atoms with Crippen molar-refractivity contribution < 1.29 is 14.3 Å². The summed E-state index contributed by atoms with van der Waals surface area (Å²) in [5.74, 6) is -0.187. The lowest BCUT2D eigenvalue weighted by Crippen LogP contribution is -2.54. The highest BCUT2D eigenvalue weighted by Gasteiger charge is 2.58. The van der Waals surface area contributed by atoms with E-state index in [1.54, 1.807) is 6.20 Å². The van der Waals surface area contributed by atoms with E-state index >= 15 is 0 Å². The third kappa shape index (κ3) is 3.91. The van der Waals surface area contributed by atoms with Crippen molar-refractivity contribution in [1.82, 2.24) is 20.1 Å². The van der Waals surface area contributed by atoms with E-state index in [0.29, 0.717) is 18.8 Å². The fraction of sp³-hybridized carbons (Fsp3) is 0.480. The minimum absolute atomic E-state index is 0.00429. The normalized spacial score (nSPS) is 27.1. The average Bonchev–Trinajstić information content (AvgIpc) is 3.44. The quantitative estimate of drug-likeness (QED) is 0.708. The largest absolute Gasteiger partial charge is 0.376 e. The van der Waals surface area contributed by atoms with Crippen LogP contribution in [0.1, 0.15) is 36.9 Å². The third-order valence-electron chi connectivity index (χ3n) is 7.06. The van der Waals surface area contributed by atoms with Crippen LogP contribution in [-0.4, -0.2) is 59.1 Å². The highest BCUT2D eigenvalue weighted by atomic mass is 16.5. The van der Waals surface area contributed by atoms with E-state index in [4.69, 9.17) is 4.74 Å². The van der Waals surface area contributed by atoms with Crippen LogP contribution < -0.4 is 5.32 Å². The molecule has 1 aromatic carbocycles. The Labute approximate surface area is 188 Å². The second kappa shape index (κ2) is 9.00. The zero-order valence-electron chi connectivity index (χ0n) is 18.3. The number of carbonyl (C=O) groups excluding carboxylic acids is 2. The molecule has 0 bridgehead atoms. The molecule has 0 aliphatic carbocycles. The number of benzene rings is 1. The third-order valence-corrected chi connectivity index (χ3v) is 7.06. The number of carbonyl (C=O) groups is 2. The van der Waals surface area contributed by atoms with Gasteiger partial charge in [0.1, 0.15) is 0 Å². The fourth-order valence-corrected chi connectivity index (χ4v) is 5.37. The van der Waals surface area contributed by atoms with Crippen LogP contribution in [0, 0.1) is 5.92 Å².